The third-order valence-corrected chi connectivity index (χ3v) is 12.7. The highest BCUT2D eigenvalue weighted by molar-refractivity contribution is 5.66. The number of carbonyl (C=O) groups is 1. The van der Waals surface area contributed by atoms with E-state index in [1.807, 2.05) is 6.92 Å². The van der Waals surface area contributed by atoms with Crippen LogP contribution in [-0.4, -0.2) is 40.8 Å². The van der Waals surface area contributed by atoms with E-state index >= 15 is 0 Å². The molecule has 1 aliphatic heterocycles. The van der Waals surface area contributed by atoms with Gasteiger partial charge in [-0.15, -0.1) is 0 Å². The van der Waals surface area contributed by atoms with Gasteiger partial charge in [0.1, 0.15) is 6.10 Å². The first-order valence-electron chi connectivity index (χ1n) is 14.0. The number of hydrogen-bond donors (Lipinski definition) is 2. The van der Waals surface area contributed by atoms with Crippen LogP contribution >= 0.6 is 0 Å². The van der Waals surface area contributed by atoms with Gasteiger partial charge in [-0.1, -0.05) is 47.5 Å². The van der Waals surface area contributed by atoms with Crippen molar-refractivity contribution in [3.05, 3.63) is 0 Å². The van der Waals surface area contributed by atoms with Crippen molar-refractivity contribution in [1.29, 1.82) is 0 Å². The highest BCUT2D eigenvalue weighted by atomic mass is 16.6. The Bertz CT molecular complexity index is 829. The minimum Gasteiger partial charge on any atom is -0.462 e. The highest BCUT2D eigenvalue weighted by Gasteiger charge is 2.73. The van der Waals surface area contributed by atoms with Crippen molar-refractivity contribution in [2.75, 3.05) is 0 Å². The normalized spacial score (nSPS) is 58.8. The van der Waals surface area contributed by atoms with E-state index in [0.717, 1.165) is 12.8 Å². The predicted octanol–water partition coefficient (Wildman–Crippen LogP) is 5.32. The van der Waals surface area contributed by atoms with Gasteiger partial charge >= 0.3 is 5.97 Å². The number of rotatable bonds is 2. The number of aliphatic hydroxyl groups is 2. The fourth-order valence-electron chi connectivity index (χ4n) is 11.2. The van der Waals surface area contributed by atoms with Crippen LogP contribution in [0.1, 0.15) is 99.8 Å². The molecular weight excluding hydrogens is 428 g/mol. The van der Waals surface area contributed by atoms with Crippen LogP contribution in [0.2, 0.25) is 0 Å². The first-order valence-corrected chi connectivity index (χ1v) is 14.0. The van der Waals surface area contributed by atoms with Gasteiger partial charge in [-0.3, -0.25) is 4.79 Å². The number of aliphatic hydroxyl groups excluding tert-OH is 2. The largest absolute Gasteiger partial charge is 0.462 e. The second-order valence-electron chi connectivity index (χ2n) is 13.9. The first kappa shape index (κ1) is 25.0. The third kappa shape index (κ3) is 3.11. The zero-order chi connectivity index (χ0) is 24.8. The smallest absolute Gasteiger partial charge is 0.302 e. The van der Waals surface area contributed by atoms with Gasteiger partial charge < -0.3 is 19.7 Å². The van der Waals surface area contributed by atoms with E-state index in [1.165, 1.54) is 39.0 Å². The maximum Gasteiger partial charge on any atom is 0.302 e. The first-order chi connectivity index (χ1) is 15.8. The summed E-state index contributed by atoms with van der Waals surface area (Å²) in [5, 5.41) is 22.5. The Hall–Kier alpha value is -0.650. The van der Waals surface area contributed by atoms with Crippen molar-refractivity contribution in [3.8, 4) is 0 Å². The van der Waals surface area contributed by atoms with Crippen LogP contribution in [0.5, 0.6) is 0 Å². The fraction of sp³-hybridized carbons (Fsp3) is 0.966. The Morgan fingerprint density at radius 2 is 1.68 bits per heavy atom. The second kappa shape index (κ2) is 7.92. The summed E-state index contributed by atoms with van der Waals surface area (Å²) in [5.41, 5.74) is 0.195. The number of ether oxygens (including phenoxy) is 2. The summed E-state index contributed by atoms with van der Waals surface area (Å²) in [4.78, 5) is 12.4. The van der Waals surface area contributed by atoms with Gasteiger partial charge in [0, 0.05) is 24.2 Å². The van der Waals surface area contributed by atoms with Crippen molar-refractivity contribution in [2.24, 2.45) is 51.2 Å². The molecule has 0 aromatic heterocycles. The van der Waals surface area contributed by atoms with E-state index in [1.54, 1.807) is 0 Å². The third-order valence-electron chi connectivity index (χ3n) is 12.7. The zero-order valence-electron chi connectivity index (χ0n) is 22.5. The maximum atomic E-state index is 12.4. The molecule has 0 aromatic rings. The van der Waals surface area contributed by atoms with Gasteiger partial charge in [0.25, 0.3) is 0 Å². The van der Waals surface area contributed by atoms with Crippen molar-refractivity contribution in [3.63, 3.8) is 0 Å². The molecule has 4 aliphatic carbocycles. The van der Waals surface area contributed by atoms with Crippen molar-refractivity contribution in [2.45, 2.75) is 124 Å². The predicted molar refractivity (Wildman–Crippen MR) is 131 cm³/mol. The molecule has 1 saturated heterocycles. The average molecular weight is 477 g/mol. The van der Waals surface area contributed by atoms with Crippen LogP contribution in [0, 0.1) is 51.2 Å². The average Bonchev–Trinajstić information content (AvgIpc) is 3.06. The molecule has 5 heteroatoms. The molecule has 0 aromatic carbocycles. The Labute approximate surface area is 206 Å². The number of hydrogen-bond acceptors (Lipinski definition) is 5. The van der Waals surface area contributed by atoms with E-state index in [0.29, 0.717) is 23.7 Å². The summed E-state index contributed by atoms with van der Waals surface area (Å²) >= 11 is 0. The van der Waals surface area contributed by atoms with Crippen molar-refractivity contribution in [1.82, 2.24) is 0 Å². The molecule has 0 bridgehead atoms. The molecule has 5 nitrogen and oxygen atoms in total. The molecule has 5 fully saturated rings. The van der Waals surface area contributed by atoms with Gasteiger partial charge in [0.05, 0.1) is 12.2 Å². The lowest BCUT2D eigenvalue weighted by Gasteiger charge is -2.72. The lowest BCUT2D eigenvalue weighted by atomic mass is 9.33. The SMILES string of the molecule is CCC1(C)CCCC2(C)C1CCC1(C)C2CC(OC(C)=O)C2(C)C3C(O)OC(C)C3C(O)CC12. The molecule has 34 heavy (non-hydrogen) atoms. The summed E-state index contributed by atoms with van der Waals surface area (Å²) < 4.78 is 12.1. The summed E-state index contributed by atoms with van der Waals surface area (Å²) in [6.07, 6.45) is 7.09. The monoisotopic (exact) mass is 476 g/mol. The molecule has 4 saturated carbocycles. The Morgan fingerprint density at radius 1 is 1.00 bits per heavy atom. The molecule has 1 heterocycles. The quantitative estimate of drug-likeness (QED) is 0.528. The van der Waals surface area contributed by atoms with Gasteiger partial charge in [-0.05, 0) is 79.4 Å². The maximum absolute atomic E-state index is 12.4. The Morgan fingerprint density at radius 3 is 2.32 bits per heavy atom. The molecule has 13 atom stereocenters. The lowest BCUT2D eigenvalue weighted by molar-refractivity contribution is -0.277. The number of fused-ring (bicyclic) bond motifs is 7. The summed E-state index contributed by atoms with van der Waals surface area (Å²) in [7, 11) is 0. The van der Waals surface area contributed by atoms with Crippen molar-refractivity contribution < 1.29 is 24.5 Å². The summed E-state index contributed by atoms with van der Waals surface area (Å²) in [6.45, 7) is 15.6. The molecule has 0 spiro atoms. The molecule has 5 rings (SSSR count). The number of carbonyl (C=O) groups excluding carboxylic acids is 1. The Balaban J connectivity index is 1.62. The van der Waals surface area contributed by atoms with Crippen LogP contribution in [0.4, 0.5) is 0 Å². The van der Waals surface area contributed by atoms with Gasteiger partial charge in [0.2, 0.25) is 0 Å². The van der Waals surface area contributed by atoms with E-state index < -0.39 is 17.8 Å². The van der Waals surface area contributed by atoms with Gasteiger partial charge in [0.15, 0.2) is 6.29 Å². The van der Waals surface area contributed by atoms with E-state index in [2.05, 4.69) is 34.6 Å². The molecule has 0 radical (unpaired) electrons. The molecule has 13 unspecified atom stereocenters. The second-order valence-corrected chi connectivity index (χ2v) is 13.9. The van der Waals surface area contributed by atoms with E-state index in [-0.39, 0.29) is 46.8 Å². The van der Waals surface area contributed by atoms with E-state index in [4.69, 9.17) is 9.47 Å². The molecule has 194 valence electrons. The van der Waals surface area contributed by atoms with Crippen LogP contribution in [0.3, 0.4) is 0 Å². The van der Waals surface area contributed by atoms with Gasteiger partial charge in [-0.25, -0.2) is 0 Å². The molecule has 2 N–H and O–H groups in total. The van der Waals surface area contributed by atoms with Crippen LogP contribution in [0.25, 0.3) is 0 Å². The van der Waals surface area contributed by atoms with E-state index in [9.17, 15) is 15.0 Å². The standard InChI is InChI=1S/C29H48O5/c1-8-26(4)11-9-12-27(5)19(26)10-13-28(6)20(27)15-22(34-17(3)30)29(7)21(28)14-18(31)23-16(2)33-25(32)24(23)29/h16,18-25,31-32H,8-15H2,1-7H3. The lowest BCUT2D eigenvalue weighted by Crippen LogP contribution is -2.69. The highest BCUT2D eigenvalue weighted by Crippen LogP contribution is 2.75. The van der Waals surface area contributed by atoms with Crippen LogP contribution in [0.15, 0.2) is 0 Å². The molecule has 0 amide bonds. The minimum atomic E-state index is -0.925. The molecular formula is C29H48O5. The summed E-state index contributed by atoms with van der Waals surface area (Å²) in [5.74, 6) is 0.706. The fourth-order valence-corrected chi connectivity index (χ4v) is 11.2. The zero-order valence-corrected chi connectivity index (χ0v) is 22.5. The summed E-state index contributed by atoms with van der Waals surface area (Å²) in [6, 6.07) is 0. The minimum absolute atomic E-state index is 0.0418. The van der Waals surface area contributed by atoms with Crippen LogP contribution < -0.4 is 0 Å². The topological polar surface area (TPSA) is 76.0 Å². The van der Waals surface area contributed by atoms with Crippen LogP contribution in [-0.2, 0) is 14.3 Å². The molecule has 5 aliphatic rings. The Kier molecular flexibility index (Phi) is 5.83. The van der Waals surface area contributed by atoms with Gasteiger partial charge in [-0.2, -0.15) is 0 Å². The van der Waals surface area contributed by atoms with Crippen molar-refractivity contribution >= 4 is 5.97 Å². The number of esters is 1.